The smallest absolute Gasteiger partial charge is 0.342 e. The van der Waals surface area contributed by atoms with E-state index in [1.807, 2.05) is 20.8 Å². The first-order valence-electron chi connectivity index (χ1n) is 8.96. The van der Waals surface area contributed by atoms with Crippen LogP contribution in [0.5, 0.6) is 5.75 Å². The number of hydrogen-bond acceptors (Lipinski definition) is 5. The molecule has 0 amide bonds. The molecule has 5 nitrogen and oxygen atoms in total. The SMILES string of the molecule is C[NH+]1CCc2c(sc(/N=C/c3cc(Cl)cc(Cl)c3O)c2C(=O)OC(C)(C)C)C1. The van der Waals surface area contributed by atoms with Gasteiger partial charge in [-0.2, -0.15) is 0 Å². The van der Waals surface area contributed by atoms with Gasteiger partial charge in [-0.1, -0.05) is 23.2 Å². The maximum atomic E-state index is 12.9. The fraction of sp³-hybridized carbons (Fsp3) is 0.400. The lowest BCUT2D eigenvalue weighted by Gasteiger charge is -2.22. The second-order valence-electron chi connectivity index (χ2n) is 7.90. The number of hydrogen-bond donors (Lipinski definition) is 2. The number of ether oxygens (including phenoxy) is 1. The molecule has 0 saturated heterocycles. The summed E-state index contributed by atoms with van der Waals surface area (Å²) in [7, 11) is 2.13. The molecule has 150 valence electrons. The van der Waals surface area contributed by atoms with Crippen molar-refractivity contribution in [1.29, 1.82) is 0 Å². The number of likely N-dealkylation sites (N-methyl/N-ethyl adjacent to an activating group) is 1. The normalized spacial score (nSPS) is 17.0. The Hall–Kier alpha value is -1.60. The Morgan fingerprint density at radius 3 is 2.75 bits per heavy atom. The van der Waals surface area contributed by atoms with Crippen molar-refractivity contribution in [2.45, 2.75) is 39.3 Å². The lowest BCUT2D eigenvalue weighted by molar-refractivity contribution is -0.895. The molecule has 28 heavy (non-hydrogen) atoms. The number of halogens is 2. The van der Waals surface area contributed by atoms with E-state index in [2.05, 4.69) is 12.0 Å². The molecule has 1 aliphatic rings. The van der Waals surface area contributed by atoms with Crippen LogP contribution in [0.25, 0.3) is 0 Å². The van der Waals surface area contributed by atoms with Gasteiger partial charge in [0.1, 0.15) is 28.5 Å². The molecule has 2 N–H and O–H groups in total. The number of carbonyl (C=O) groups is 1. The van der Waals surface area contributed by atoms with E-state index >= 15 is 0 Å². The molecule has 0 saturated carbocycles. The molecule has 1 aromatic heterocycles. The molecule has 0 radical (unpaired) electrons. The second kappa shape index (κ2) is 8.03. The summed E-state index contributed by atoms with van der Waals surface area (Å²) < 4.78 is 5.63. The third-order valence-electron chi connectivity index (χ3n) is 4.32. The van der Waals surface area contributed by atoms with E-state index in [9.17, 15) is 9.90 Å². The molecule has 1 atom stereocenters. The molecule has 3 rings (SSSR count). The van der Waals surface area contributed by atoms with Gasteiger partial charge >= 0.3 is 5.97 Å². The monoisotopic (exact) mass is 441 g/mol. The van der Waals surface area contributed by atoms with E-state index in [1.165, 1.54) is 28.5 Å². The maximum absolute atomic E-state index is 12.9. The van der Waals surface area contributed by atoms with E-state index in [0.717, 1.165) is 30.0 Å². The summed E-state index contributed by atoms with van der Waals surface area (Å²) in [4.78, 5) is 19.9. The predicted molar refractivity (Wildman–Crippen MR) is 114 cm³/mol. The Labute approximate surface area is 178 Å². The van der Waals surface area contributed by atoms with Gasteiger partial charge in [0.05, 0.1) is 23.5 Å². The summed E-state index contributed by atoms with van der Waals surface area (Å²) in [5.41, 5.74) is 1.33. The summed E-state index contributed by atoms with van der Waals surface area (Å²) in [5.74, 6) is -0.468. The van der Waals surface area contributed by atoms with Crippen molar-refractivity contribution >= 4 is 51.7 Å². The molecule has 2 aromatic rings. The minimum absolute atomic E-state index is 0.0980. The van der Waals surface area contributed by atoms with E-state index in [-0.39, 0.29) is 16.7 Å². The lowest BCUT2D eigenvalue weighted by atomic mass is 10.0. The van der Waals surface area contributed by atoms with Crippen molar-refractivity contribution in [3.63, 3.8) is 0 Å². The number of aliphatic imine (C=N–C) groups is 1. The average molecular weight is 442 g/mol. The van der Waals surface area contributed by atoms with Crippen LogP contribution in [0.4, 0.5) is 5.00 Å². The molecule has 1 aliphatic heterocycles. The molecule has 1 aromatic carbocycles. The Kier molecular flexibility index (Phi) is 6.05. The summed E-state index contributed by atoms with van der Waals surface area (Å²) >= 11 is 13.5. The number of phenolic OH excluding ortho intramolecular Hbond substituents is 1. The molecule has 0 bridgehead atoms. The van der Waals surface area contributed by atoms with Crippen LogP contribution in [-0.2, 0) is 17.7 Å². The highest BCUT2D eigenvalue weighted by molar-refractivity contribution is 7.16. The third kappa shape index (κ3) is 4.69. The highest BCUT2D eigenvalue weighted by Crippen LogP contribution is 2.38. The number of esters is 1. The summed E-state index contributed by atoms with van der Waals surface area (Å²) in [6.07, 6.45) is 2.28. The Bertz CT molecular complexity index is 948. The summed E-state index contributed by atoms with van der Waals surface area (Å²) in [5, 5.41) is 11.3. The number of carbonyl (C=O) groups excluding carboxylic acids is 1. The fourth-order valence-corrected chi connectivity index (χ4v) is 4.85. The summed E-state index contributed by atoms with van der Waals surface area (Å²) in [6, 6.07) is 3.04. The van der Waals surface area contributed by atoms with Crippen LogP contribution in [0.3, 0.4) is 0 Å². The molecule has 0 spiro atoms. The van der Waals surface area contributed by atoms with Crippen molar-refractivity contribution in [3.05, 3.63) is 43.7 Å². The number of fused-ring (bicyclic) bond motifs is 1. The van der Waals surface area contributed by atoms with Crippen LogP contribution in [0.2, 0.25) is 10.0 Å². The van der Waals surface area contributed by atoms with Crippen molar-refractivity contribution in [2.24, 2.45) is 4.99 Å². The highest BCUT2D eigenvalue weighted by Gasteiger charge is 2.31. The molecule has 2 heterocycles. The number of nitrogens with one attached hydrogen (secondary N) is 1. The van der Waals surface area contributed by atoms with E-state index in [4.69, 9.17) is 27.9 Å². The topological polar surface area (TPSA) is 63.3 Å². The van der Waals surface area contributed by atoms with Crippen molar-refractivity contribution in [1.82, 2.24) is 0 Å². The molecular formula is C20H23Cl2N2O3S+. The van der Waals surface area contributed by atoms with Gasteiger partial charge in [-0.15, -0.1) is 11.3 Å². The molecule has 1 unspecified atom stereocenters. The predicted octanol–water partition coefficient (Wildman–Crippen LogP) is 4.04. The Balaban J connectivity index is 2.04. The standard InChI is InChI=1S/C20H22Cl2N2O3S/c1-20(2,3)27-19(26)16-13-5-6-24(4)10-15(13)28-18(16)23-9-11-7-12(21)8-14(22)17(11)25/h7-9,25H,5-6,10H2,1-4H3/p+1/b23-9+. The van der Waals surface area contributed by atoms with Gasteiger partial charge in [0.25, 0.3) is 0 Å². The van der Waals surface area contributed by atoms with E-state index < -0.39 is 5.60 Å². The van der Waals surface area contributed by atoms with Crippen LogP contribution in [-0.4, -0.2) is 36.5 Å². The minimum Gasteiger partial charge on any atom is -0.506 e. The van der Waals surface area contributed by atoms with Crippen LogP contribution >= 0.6 is 34.5 Å². The van der Waals surface area contributed by atoms with Crippen LogP contribution in [0.15, 0.2) is 17.1 Å². The van der Waals surface area contributed by atoms with Gasteiger partial charge in [-0.05, 0) is 38.5 Å². The van der Waals surface area contributed by atoms with Gasteiger partial charge in [0.2, 0.25) is 0 Å². The fourth-order valence-electron chi connectivity index (χ4n) is 3.05. The molecular weight excluding hydrogens is 419 g/mol. The van der Waals surface area contributed by atoms with Crippen LogP contribution < -0.4 is 4.90 Å². The number of phenols is 1. The van der Waals surface area contributed by atoms with Crippen molar-refractivity contribution < 1.29 is 19.5 Å². The van der Waals surface area contributed by atoms with Gasteiger partial charge < -0.3 is 14.7 Å². The van der Waals surface area contributed by atoms with Crippen molar-refractivity contribution in [2.75, 3.05) is 13.6 Å². The number of nitrogens with zero attached hydrogens (tertiary/aromatic N) is 1. The van der Waals surface area contributed by atoms with Crippen molar-refractivity contribution in [3.8, 4) is 5.75 Å². The number of quaternary nitrogens is 1. The van der Waals surface area contributed by atoms with Gasteiger partial charge in [-0.25, -0.2) is 9.79 Å². The highest BCUT2D eigenvalue weighted by atomic mass is 35.5. The molecule has 0 aliphatic carbocycles. The number of benzene rings is 1. The first kappa shape index (κ1) is 21.1. The van der Waals surface area contributed by atoms with E-state index in [1.54, 1.807) is 6.07 Å². The van der Waals surface area contributed by atoms with Gasteiger partial charge in [0, 0.05) is 23.2 Å². The quantitative estimate of drug-likeness (QED) is 0.557. The van der Waals surface area contributed by atoms with Gasteiger partial charge in [-0.3, -0.25) is 0 Å². The zero-order valence-corrected chi connectivity index (χ0v) is 18.6. The zero-order valence-electron chi connectivity index (χ0n) is 16.2. The first-order valence-corrected chi connectivity index (χ1v) is 10.5. The van der Waals surface area contributed by atoms with Crippen LogP contribution in [0, 0.1) is 0 Å². The largest absolute Gasteiger partial charge is 0.506 e. The van der Waals surface area contributed by atoms with E-state index in [0.29, 0.717) is 21.2 Å². The molecule has 0 fully saturated rings. The second-order valence-corrected chi connectivity index (χ2v) is 9.83. The number of thiophene rings is 1. The molecule has 8 heteroatoms. The Morgan fingerprint density at radius 2 is 2.07 bits per heavy atom. The Morgan fingerprint density at radius 1 is 1.36 bits per heavy atom. The van der Waals surface area contributed by atoms with Gasteiger partial charge in [0.15, 0.2) is 0 Å². The summed E-state index contributed by atoms with van der Waals surface area (Å²) in [6.45, 7) is 7.33. The third-order valence-corrected chi connectivity index (χ3v) is 5.96. The lowest BCUT2D eigenvalue weighted by Crippen LogP contribution is -3.08. The first-order chi connectivity index (χ1) is 13.0. The number of aromatic hydroxyl groups is 1. The number of rotatable bonds is 3. The maximum Gasteiger partial charge on any atom is 0.342 e. The average Bonchev–Trinajstić information content (AvgIpc) is 2.92. The van der Waals surface area contributed by atoms with Crippen LogP contribution in [0.1, 0.15) is 47.1 Å². The minimum atomic E-state index is -0.595. The zero-order chi connectivity index (χ0) is 20.6.